The number of quaternary nitrogens is 1. The summed E-state index contributed by atoms with van der Waals surface area (Å²) in [5.41, 5.74) is 0. The predicted molar refractivity (Wildman–Crippen MR) is 68.5 cm³/mol. The summed E-state index contributed by atoms with van der Waals surface area (Å²) in [7, 11) is 0. The van der Waals surface area contributed by atoms with Gasteiger partial charge in [0.2, 0.25) is 0 Å². The van der Waals surface area contributed by atoms with Crippen LogP contribution in [0.3, 0.4) is 0 Å². The molecule has 1 aliphatic rings. The SMILES string of the molecule is C[Se]C1C(NC(=O)COc2ccccc2)C[NH+]1[O-]. The van der Waals surface area contributed by atoms with Crippen molar-refractivity contribution >= 4 is 20.9 Å². The van der Waals surface area contributed by atoms with Crippen LogP contribution in [-0.2, 0) is 4.79 Å². The van der Waals surface area contributed by atoms with Crippen LogP contribution < -0.4 is 15.1 Å². The fraction of sp³-hybridized carbons (Fsp3) is 0.417. The first-order valence-corrected chi connectivity index (χ1v) is 8.43. The van der Waals surface area contributed by atoms with Crippen molar-refractivity contribution in [2.45, 2.75) is 16.8 Å². The van der Waals surface area contributed by atoms with Crippen LogP contribution in [0.25, 0.3) is 0 Å². The van der Waals surface area contributed by atoms with Gasteiger partial charge in [-0.25, -0.2) is 0 Å². The van der Waals surface area contributed by atoms with Crippen molar-refractivity contribution in [3.63, 3.8) is 0 Å². The van der Waals surface area contributed by atoms with Gasteiger partial charge in [0.05, 0.1) is 0 Å². The Morgan fingerprint density at radius 3 is 2.89 bits per heavy atom. The van der Waals surface area contributed by atoms with Crippen LogP contribution in [-0.4, -0.2) is 45.0 Å². The summed E-state index contributed by atoms with van der Waals surface area (Å²) in [6.45, 7) is 0.468. The van der Waals surface area contributed by atoms with E-state index in [1.165, 1.54) is 0 Å². The second-order valence-corrected chi connectivity index (χ2v) is 6.16. The van der Waals surface area contributed by atoms with Gasteiger partial charge < -0.3 is 0 Å². The number of amides is 1. The third-order valence-electron chi connectivity index (χ3n) is 2.82. The van der Waals surface area contributed by atoms with Gasteiger partial charge in [-0.1, -0.05) is 0 Å². The summed E-state index contributed by atoms with van der Waals surface area (Å²) in [6.07, 6.45) is 0. The van der Waals surface area contributed by atoms with Gasteiger partial charge in [-0.2, -0.15) is 0 Å². The van der Waals surface area contributed by atoms with Crippen molar-refractivity contribution in [3.8, 4) is 5.75 Å². The Bertz CT molecular complexity index is 402. The predicted octanol–water partition coefficient (Wildman–Crippen LogP) is -0.975. The summed E-state index contributed by atoms with van der Waals surface area (Å²) in [5, 5.41) is 14.4. The van der Waals surface area contributed by atoms with Crippen molar-refractivity contribution in [1.82, 2.24) is 5.32 Å². The first-order valence-electron chi connectivity index (χ1n) is 5.73. The molecule has 18 heavy (non-hydrogen) atoms. The Hall–Kier alpha value is -1.07. The molecule has 0 bridgehead atoms. The Labute approximate surface area is 112 Å². The van der Waals surface area contributed by atoms with E-state index in [0.717, 1.165) is 0 Å². The molecule has 1 amide bonds. The molecule has 1 aliphatic heterocycles. The number of hydrogen-bond donors (Lipinski definition) is 2. The van der Waals surface area contributed by atoms with Gasteiger partial charge in [-0.3, -0.25) is 0 Å². The molecule has 0 spiro atoms. The van der Waals surface area contributed by atoms with E-state index in [4.69, 9.17) is 4.74 Å². The van der Waals surface area contributed by atoms with Gasteiger partial charge in [0.25, 0.3) is 0 Å². The van der Waals surface area contributed by atoms with E-state index in [0.29, 0.717) is 12.3 Å². The van der Waals surface area contributed by atoms with Crippen LogP contribution in [0, 0.1) is 5.21 Å². The van der Waals surface area contributed by atoms with Crippen LogP contribution in [0.4, 0.5) is 0 Å². The van der Waals surface area contributed by atoms with E-state index >= 15 is 0 Å². The Morgan fingerprint density at radius 2 is 2.28 bits per heavy atom. The molecule has 0 saturated carbocycles. The maximum atomic E-state index is 11.6. The molecule has 0 radical (unpaired) electrons. The normalized spacial score (nSPS) is 26.2. The maximum absolute atomic E-state index is 11.6. The molecular weight excluding hydrogens is 299 g/mol. The molecule has 98 valence electrons. The molecule has 0 aliphatic carbocycles. The molecule has 2 N–H and O–H groups in total. The molecule has 0 aromatic heterocycles. The van der Waals surface area contributed by atoms with Crippen molar-refractivity contribution < 1.29 is 14.6 Å². The van der Waals surface area contributed by atoms with E-state index in [-0.39, 0.29) is 43.5 Å². The third kappa shape index (κ3) is 3.23. The topological polar surface area (TPSA) is 65.8 Å². The van der Waals surface area contributed by atoms with E-state index in [1.54, 1.807) is 12.1 Å². The second-order valence-electron chi connectivity index (χ2n) is 4.10. The number of hydroxylamine groups is 2. The van der Waals surface area contributed by atoms with Gasteiger partial charge in [0.1, 0.15) is 0 Å². The third-order valence-corrected chi connectivity index (χ3v) is 5.12. The van der Waals surface area contributed by atoms with Crippen molar-refractivity contribution in [2.75, 3.05) is 13.2 Å². The van der Waals surface area contributed by atoms with Gasteiger partial charge in [-0.15, -0.1) is 0 Å². The van der Waals surface area contributed by atoms with Crippen molar-refractivity contribution in [1.29, 1.82) is 0 Å². The van der Waals surface area contributed by atoms with Crippen molar-refractivity contribution in [2.24, 2.45) is 0 Å². The quantitative estimate of drug-likeness (QED) is 0.542. The molecule has 3 atom stereocenters. The second kappa shape index (κ2) is 6.20. The number of para-hydroxylation sites is 1. The minimum absolute atomic E-state index is 0.00185. The van der Waals surface area contributed by atoms with Gasteiger partial charge >= 0.3 is 112 Å². The zero-order chi connectivity index (χ0) is 13.0. The molecule has 1 fully saturated rings. The molecule has 1 aromatic carbocycles. The number of ether oxygens (including phenoxy) is 1. The van der Waals surface area contributed by atoms with E-state index < -0.39 is 0 Å². The number of hydrogen-bond acceptors (Lipinski definition) is 3. The summed E-state index contributed by atoms with van der Waals surface area (Å²) in [5.74, 6) is 2.54. The monoisotopic (exact) mass is 316 g/mol. The van der Waals surface area contributed by atoms with Gasteiger partial charge in [0, 0.05) is 0 Å². The Kier molecular flexibility index (Phi) is 4.60. The molecule has 1 aromatic rings. The van der Waals surface area contributed by atoms with Crippen LogP contribution in [0.15, 0.2) is 30.3 Å². The molecular formula is C12H16N2O3Se. The molecule has 6 heteroatoms. The number of carbonyl (C=O) groups is 1. The first kappa shape index (κ1) is 13.4. The fourth-order valence-corrected chi connectivity index (χ4v) is 3.63. The summed E-state index contributed by atoms with van der Waals surface area (Å²) >= 11 is 0.258. The zero-order valence-corrected chi connectivity index (χ0v) is 11.8. The Balaban J connectivity index is 1.73. The average molecular weight is 315 g/mol. The molecule has 1 saturated heterocycles. The van der Waals surface area contributed by atoms with Crippen LogP contribution in [0.2, 0.25) is 5.82 Å². The number of rotatable bonds is 5. The zero-order valence-electron chi connectivity index (χ0n) is 10.1. The van der Waals surface area contributed by atoms with E-state index in [2.05, 4.69) is 5.32 Å². The Morgan fingerprint density at radius 1 is 1.56 bits per heavy atom. The van der Waals surface area contributed by atoms with Crippen molar-refractivity contribution in [3.05, 3.63) is 35.5 Å². The van der Waals surface area contributed by atoms with E-state index in [1.807, 2.05) is 24.0 Å². The summed E-state index contributed by atoms with van der Waals surface area (Å²) in [4.78, 5) is 11.7. The molecule has 2 rings (SSSR count). The summed E-state index contributed by atoms with van der Waals surface area (Å²) in [6, 6.07) is 9.23. The van der Waals surface area contributed by atoms with Gasteiger partial charge in [0.15, 0.2) is 0 Å². The molecule has 3 unspecified atom stereocenters. The van der Waals surface area contributed by atoms with Gasteiger partial charge in [-0.05, 0) is 0 Å². The number of benzene rings is 1. The standard InChI is InChI=1S/C12H16N2O3Se/c1-18-12-10(7-14(12)16)13-11(15)8-17-9-5-3-2-4-6-9/h2-6,10,12,14H,7-8H2,1H3,(H,13,15). The average Bonchev–Trinajstić information content (AvgIpc) is 2.37. The van der Waals surface area contributed by atoms with E-state index in [9.17, 15) is 10.0 Å². The minimum atomic E-state index is -0.161. The number of carbonyl (C=O) groups excluding carboxylic acids is 1. The summed E-state index contributed by atoms with van der Waals surface area (Å²) < 4.78 is 5.34. The van der Waals surface area contributed by atoms with Crippen LogP contribution in [0.1, 0.15) is 0 Å². The van der Waals surface area contributed by atoms with Crippen LogP contribution >= 0.6 is 0 Å². The first-order chi connectivity index (χ1) is 8.70. The molecule has 1 heterocycles. The fourth-order valence-electron chi connectivity index (χ4n) is 1.84. The molecule has 5 nitrogen and oxygen atoms in total. The van der Waals surface area contributed by atoms with Crippen LogP contribution in [0.5, 0.6) is 5.75 Å². The number of nitrogens with one attached hydrogen (secondary N) is 2.